The van der Waals surface area contributed by atoms with Crippen LogP contribution in [0.25, 0.3) is 5.69 Å². The predicted molar refractivity (Wildman–Crippen MR) is 74.8 cm³/mol. The third-order valence-electron chi connectivity index (χ3n) is 2.84. The van der Waals surface area contributed by atoms with E-state index in [0.717, 1.165) is 15.7 Å². The van der Waals surface area contributed by atoms with Crippen LogP contribution in [0.5, 0.6) is 0 Å². The number of carboxylic acid groups (broad SMARTS) is 1. The van der Waals surface area contributed by atoms with Gasteiger partial charge in [-0.25, -0.2) is 9.48 Å². The molecule has 1 N–H and O–H groups in total. The largest absolute Gasteiger partial charge is 0.476 e. The van der Waals surface area contributed by atoms with Gasteiger partial charge in [0, 0.05) is 4.47 Å². The zero-order chi connectivity index (χ0) is 14.2. The highest BCUT2D eigenvalue weighted by Gasteiger charge is 2.22. The molecule has 19 heavy (non-hydrogen) atoms. The van der Waals surface area contributed by atoms with Crippen molar-refractivity contribution in [2.45, 2.75) is 26.7 Å². The fourth-order valence-electron chi connectivity index (χ4n) is 1.91. The molecule has 0 fully saturated rings. The topological polar surface area (TPSA) is 68.0 Å². The van der Waals surface area contributed by atoms with Gasteiger partial charge in [-0.3, -0.25) is 0 Å². The van der Waals surface area contributed by atoms with Gasteiger partial charge in [0.2, 0.25) is 0 Å². The number of hydrogen-bond donors (Lipinski definition) is 1. The highest BCUT2D eigenvalue weighted by atomic mass is 79.9. The van der Waals surface area contributed by atoms with Crippen LogP contribution in [-0.2, 0) is 0 Å². The monoisotopic (exact) mass is 323 g/mol. The first kappa shape index (κ1) is 13.7. The Morgan fingerprint density at radius 3 is 2.63 bits per heavy atom. The normalized spacial score (nSPS) is 11.0. The van der Waals surface area contributed by atoms with Crippen molar-refractivity contribution in [3.8, 4) is 5.69 Å². The van der Waals surface area contributed by atoms with Crippen LogP contribution in [0, 0.1) is 6.92 Å². The van der Waals surface area contributed by atoms with Gasteiger partial charge in [-0.15, -0.1) is 5.10 Å². The lowest BCUT2D eigenvalue weighted by Crippen LogP contribution is -2.08. The summed E-state index contributed by atoms with van der Waals surface area (Å²) in [5.74, 6) is -1.03. The summed E-state index contributed by atoms with van der Waals surface area (Å²) in [7, 11) is 0. The van der Waals surface area contributed by atoms with Crippen molar-refractivity contribution in [3.63, 3.8) is 0 Å². The van der Waals surface area contributed by atoms with Gasteiger partial charge in [-0.2, -0.15) is 0 Å². The van der Waals surface area contributed by atoms with Gasteiger partial charge < -0.3 is 5.11 Å². The van der Waals surface area contributed by atoms with Crippen molar-refractivity contribution in [2.24, 2.45) is 0 Å². The minimum Gasteiger partial charge on any atom is -0.476 e. The molecule has 5 nitrogen and oxygen atoms in total. The van der Waals surface area contributed by atoms with E-state index in [1.807, 2.05) is 39.0 Å². The van der Waals surface area contributed by atoms with Crippen LogP contribution in [0.4, 0.5) is 0 Å². The molecule has 1 aromatic heterocycles. The lowest BCUT2D eigenvalue weighted by molar-refractivity contribution is 0.0688. The third kappa shape index (κ3) is 2.53. The summed E-state index contributed by atoms with van der Waals surface area (Å²) in [6, 6.07) is 5.73. The molecule has 0 bridgehead atoms. The standard InChI is InChI=1S/C13H14BrN3O2/c1-7(2)12-11(13(18)19)15-16-17(12)9-4-5-10(14)8(3)6-9/h4-7H,1-3H3,(H,18,19). The van der Waals surface area contributed by atoms with Gasteiger partial charge in [0.15, 0.2) is 5.69 Å². The Kier molecular flexibility index (Phi) is 3.71. The Labute approximate surface area is 119 Å². The average molecular weight is 324 g/mol. The second kappa shape index (κ2) is 5.13. The molecule has 0 aliphatic rings. The number of rotatable bonds is 3. The number of carbonyl (C=O) groups is 1. The summed E-state index contributed by atoms with van der Waals surface area (Å²) in [5, 5.41) is 16.9. The van der Waals surface area contributed by atoms with Crippen LogP contribution in [0.2, 0.25) is 0 Å². The maximum absolute atomic E-state index is 11.2. The number of benzene rings is 1. The minimum absolute atomic E-state index is 0.00979. The first-order valence-electron chi connectivity index (χ1n) is 5.87. The number of carboxylic acids is 1. The molecule has 0 spiro atoms. The highest BCUT2D eigenvalue weighted by molar-refractivity contribution is 9.10. The van der Waals surface area contributed by atoms with Gasteiger partial charge >= 0.3 is 5.97 Å². The van der Waals surface area contributed by atoms with Crippen molar-refractivity contribution < 1.29 is 9.90 Å². The predicted octanol–water partition coefficient (Wildman–Crippen LogP) is 3.16. The average Bonchev–Trinajstić information content (AvgIpc) is 2.77. The van der Waals surface area contributed by atoms with Crippen LogP contribution in [-0.4, -0.2) is 26.1 Å². The number of aromatic nitrogens is 3. The molecule has 6 heteroatoms. The molecule has 0 amide bonds. The van der Waals surface area contributed by atoms with Crippen molar-refractivity contribution in [2.75, 3.05) is 0 Å². The lowest BCUT2D eigenvalue weighted by Gasteiger charge is -2.11. The third-order valence-corrected chi connectivity index (χ3v) is 3.73. The van der Waals surface area contributed by atoms with Gasteiger partial charge in [-0.1, -0.05) is 35.0 Å². The molecule has 2 aromatic rings. The number of nitrogens with zero attached hydrogens (tertiary/aromatic N) is 3. The summed E-state index contributed by atoms with van der Waals surface area (Å²) in [5.41, 5.74) is 2.48. The fourth-order valence-corrected chi connectivity index (χ4v) is 2.16. The molecule has 0 aliphatic heterocycles. The summed E-state index contributed by atoms with van der Waals surface area (Å²) in [6.07, 6.45) is 0. The number of halogens is 1. The molecular weight excluding hydrogens is 310 g/mol. The van der Waals surface area contributed by atoms with Crippen LogP contribution in [0.1, 0.15) is 41.5 Å². The van der Waals surface area contributed by atoms with Crippen LogP contribution >= 0.6 is 15.9 Å². The first-order valence-corrected chi connectivity index (χ1v) is 6.66. The maximum Gasteiger partial charge on any atom is 0.358 e. The van der Waals surface area contributed by atoms with E-state index in [2.05, 4.69) is 26.2 Å². The Morgan fingerprint density at radius 1 is 1.42 bits per heavy atom. The van der Waals surface area contributed by atoms with Crippen molar-refractivity contribution in [3.05, 3.63) is 39.6 Å². The summed E-state index contributed by atoms with van der Waals surface area (Å²) < 4.78 is 2.59. The van der Waals surface area contributed by atoms with Crippen LogP contribution in [0.15, 0.2) is 22.7 Å². The van der Waals surface area contributed by atoms with Gasteiger partial charge in [0.1, 0.15) is 0 Å². The number of hydrogen-bond acceptors (Lipinski definition) is 3. The van der Waals surface area contributed by atoms with E-state index in [-0.39, 0.29) is 11.6 Å². The molecular formula is C13H14BrN3O2. The molecule has 0 saturated heterocycles. The van der Waals surface area contributed by atoms with Gasteiger partial charge in [0.05, 0.1) is 11.4 Å². The second-order valence-electron chi connectivity index (χ2n) is 4.63. The Bertz CT molecular complexity index is 635. The highest BCUT2D eigenvalue weighted by Crippen LogP contribution is 2.24. The van der Waals surface area contributed by atoms with Crippen molar-refractivity contribution in [1.82, 2.24) is 15.0 Å². The summed E-state index contributed by atoms with van der Waals surface area (Å²) in [4.78, 5) is 11.2. The molecule has 2 rings (SSSR count). The molecule has 0 aliphatic carbocycles. The fraction of sp³-hybridized carbons (Fsp3) is 0.308. The maximum atomic E-state index is 11.2. The molecule has 1 aromatic carbocycles. The quantitative estimate of drug-likeness (QED) is 0.942. The number of aromatic carboxylic acids is 1. The first-order chi connectivity index (χ1) is 8.91. The minimum atomic E-state index is -1.05. The molecule has 100 valence electrons. The molecule has 0 unspecified atom stereocenters. The number of aryl methyl sites for hydroxylation is 1. The zero-order valence-corrected chi connectivity index (χ0v) is 12.5. The van der Waals surface area contributed by atoms with E-state index in [1.165, 1.54) is 0 Å². The van der Waals surface area contributed by atoms with Crippen molar-refractivity contribution in [1.29, 1.82) is 0 Å². The molecule has 0 radical (unpaired) electrons. The lowest BCUT2D eigenvalue weighted by atomic mass is 10.1. The summed E-state index contributed by atoms with van der Waals surface area (Å²) in [6.45, 7) is 5.82. The van der Waals surface area contributed by atoms with E-state index >= 15 is 0 Å². The van der Waals surface area contributed by atoms with E-state index in [1.54, 1.807) is 4.68 Å². The second-order valence-corrected chi connectivity index (χ2v) is 5.48. The van der Waals surface area contributed by atoms with Crippen molar-refractivity contribution >= 4 is 21.9 Å². The Hall–Kier alpha value is -1.69. The van der Waals surface area contributed by atoms with E-state index < -0.39 is 5.97 Å². The van der Waals surface area contributed by atoms with E-state index in [9.17, 15) is 4.79 Å². The smallest absolute Gasteiger partial charge is 0.358 e. The summed E-state index contributed by atoms with van der Waals surface area (Å²) >= 11 is 3.44. The van der Waals surface area contributed by atoms with E-state index in [0.29, 0.717) is 5.69 Å². The Morgan fingerprint density at radius 2 is 2.11 bits per heavy atom. The van der Waals surface area contributed by atoms with Gasteiger partial charge in [0.25, 0.3) is 0 Å². The molecule has 0 saturated carbocycles. The zero-order valence-electron chi connectivity index (χ0n) is 10.9. The van der Waals surface area contributed by atoms with E-state index in [4.69, 9.17) is 5.11 Å². The van der Waals surface area contributed by atoms with Crippen LogP contribution in [0.3, 0.4) is 0 Å². The van der Waals surface area contributed by atoms with Crippen LogP contribution < -0.4 is 0 Å². The molecule has 0 atom stereocenters. The molecule has 1 heterocycles. The SMILES string of the molecule is Cc1cc(-n2nnc(C(=O)O)c2C(C)C)ccc1Br. The Balaban J connectivity index is 2.62. The van der Waals surface area contributed by atoms with Gasteiger partial charge in [-0.05, 0) is 36.6 Å².